The van der Waals surface area contributed by atoms with Crippen LogP contribution in [0.25, 0.3) is 0 Å². The molecular formula is C25H23ClN2O4. The number of anilines is 1. The number of hydrogen-bond donors (Lipinski definition) is 1. The van der Waals surface area contributed by atoms with Crippen molar-refractivity contribution in [1.82, 2.24) is 4.90 Å². The molecule has 6 nitrogen and oxygen atoms in total. The molecule has 2 aromatic rings. The number of nitrogens with zero attached hydrogens (tertiary/aromatic N) is 1. The predicted octanol–water partition coefficient (Wildman–Crippen LogP) is 3.93. The number of carbonyl (C=O) groups is 4. The van der Waals surface area contributed by atoms with Crippen molar-refractivity contribution in [3.05, 3.63) is 64.7 Å². The predicted molar refractivity (Wildman–Crippen MR) is 119 cm³/mol. The van der Waals surface area contributed by atoms with E-state index in [4.69, 9.17) is 11.6 Å². The number of nitrogens with one attached hydrogen (secondary N) is 1. The van der Waals surface area contributed by atoms with Gasteiger partial charge >= 0.3 is 0 Å². The Balaban J connectivity index is 1.27. The monoisotopic (exact) mass is 450 g/mol. The van der Waals surface area contributed by atoms with Crippen LogP contribution < -0.4 is 5.32 Å². The third-order valence-corrected chi connectivity index (χ3v) is 7.35. The standard InChI is InChI=1S/C25H23ClN2O4/c26-17-8-9-19(18(13-17)23(30)14-4-2-1-3-5-14)27-20(29)10-11-28-24(31)21-15-6-7-16(12-15)22(21)25(28)32/h1-5,8-9,13,15-16,21-22H,6-7,10-12H2,(H,27,29)/t15-,16-,21-,22-/m0/s1. The van der Waals surface area contributed by atoms with Crippen LogP contribution in [0.4, 0.5) is 5.69 Å². The second-order valence-electron chi connectivity index (χ2n) is 8.90. The largest absolute Gasteiger partial charge is 0.325 e. The van der Waals surface area contributed by atoms with Crippen LogP contribution in [0.15, 0.2) is 48.5 Å². The van der Waals surface area contributed by atoms with Crippen molar-refractivity contribution in [2.45, 2.75) is 25.7 Å². The molecule has 0 radical (unpaired) electrons. The second kappa shape index (κ2) is 8.17. The van der Waals surface area contributed by atoms with Gasteiger partial charge in [-0.15, -0.1) is 0 Å². The first kappa shape index (κ1) is 20.9. The van der Waals surface area contributed by atoms with E-state index in [0.29, 0.717) is 28.1 Å². The fourth-order valence-electron chi connectivity index (χ4n) is 5.68. The van der Waals surface area contributed by atoms with Crippen LogP contribution in [0.1, 0.15) is 41.6 Å². The van der Waals surface area contributed by atoms with Gasteiger partial charge in [0, 0.05) is 29.1 Å². The molecule has 0 aromatic heterocycles. The Hall–Kier alpha value is -2.99. The maximum atomic E-state index is 12.9. The molecule has 1 N–H and O–H groups in total. The van der Waals surface area contributed by atoms with Gasteiger partial charge in [0.15, 0.2) is 5.78 Å². The van der Waals surface area contributed by atoms with Crippen LogP contribution in [-0.4, -0.2) is 34.9 Å². The summed E-state index contributed by atoms with van der Waals surface area (Å²) in [7, 11) is 0. The minimum absolute atomic E-state index is 0.0200. The summed E-state index contributed by atoms with van der Waals surface area (Å²) in [5.74, 6) is -0.585. The lowest BCUT2D eigenvalue weighted by atomic mass is 9.81. The van der Waals surface area contributed by atoms with Crippen LogP contribution in [-0.2, 0) is 14.4 Å². The van der Waals surface area contributed by atoms with Crippen molar-refractivity contribution in [2.24, 2.45) is 23.7 Å². The van der Waals surface area contributed by atoms with Gasteiger partial charge in [-0.3, -0.25) is 24.1 Å². The highest BCUT2D eigenvalue weighted by molar-refractivity contribution is 6.31. The summed E-state index contributed by atoms with van der Waals surface area (Å²) in [4.78, 5) is 52.5. The summed E-state index contributed by atoms with van der Waals surface area (Å²) in [5, 5.41) is 3.14. The van der Waals surface area contributed by atoms with Gasteiger partial charge in [-0.25, -0.2) is 0 Å². The zero-order valence-corrected chi connectivity index (χ0v) is 18.2. The minimum atomic E-state index is -0.366. The number of ketones is 1. The summed E-state index contributed by atoms with van der Waals surface area (Å²) >= 11 is 6.09. The van der Waals surface area contributed by atoms with E-state index in [0.717, 1.165) is 19.3 Å². The number of halogens is 1. The fraction of sp³-hybridized carbons (Fsp3) is 0.360. The summed E-state index contributed by atoms with van der Waals surface area (Å²) in [5.41, 5.74) is 1.12. The summed E-state index contributed by atoms with van der Waals surface area (Å²) in [6.07, 6.45) is 3.01. The maximum Gasteiger partial charge on any atom is 0.233 e. The van der Waals surface area contributed by atoms with Gasteiger partial charge in [0.05, 0.1) is 17.5 Å². The molecule has 32 heavy (non-hydrogen) atoms. The van der Waals surface area contributed by atoms with E-state index in [2.05, 4.69) is 5.32 Å². The molecule has 164 valence electrons. The first-order chi connectivity index (χ1) is 15.4. The number of likely N-dealkylation sites (tertiary alicyclic amines) is 1. The third kappa shape index (κ3) is 3.52. The Morgan fingerprint density at radius 2 is 1.62 bits per heavy atom. The van der Waals surface area contributed by atoms with Gasteiger partial charge in [-0.2, -0.15) is 0 Å². The lowest BCUT2D eigenvalue weighted by molar-refractivity contribution is -0.140. The quantitative estimate of drug-likeness (QED) is 0.534. The number of fused-ring (bicyclic) bond motifs is 5. The zero-order chi connectivity index (χ0) is 22.4. The van der Waals surface area contributed by atoms with E-state index in [1.54, 1.807) is 36.4 Å². The van der Waals surface area contributed by atoms with Crippen molar-refractivity contribution in [3.8, 4) is 0 Å². The van der Waals surface area contributed by atoms with Crippen molar-refractivity contribution < 1.29 is 19.2 Å². The summed E-state index contributed by atoms with van der Waals surface area (Å²) < 4.78 is 0. The van der Waals surface area contributed by atoms with E-state index in [9.17, 15) is 19.2 Å². The maximum absolute atomic E-state index is 12.9. The van der Waals surface area contributed by atoms with Crippen molar-refractivity contribution in [2.75, 3.05) is 11.9 Å². The lowest BCUT2D eigenvalue weighted by Crippen LogP contribution is -2.35. The third-order valence-electron chi connectivity index (χ3n) is 7.12. The summed E-state index contributed by atoms with van der Waals surface area (Å²) in [6.45, 7) is 0.0610. The van der Waals surface area contributed by atoms with Gasteiger partial charge in [0.25, 0.3) is 0 Å². The van der Waals surface area contributed by atoms with Crippen LogP contribution in [0.3, 0.4) is 0 Å². The first-order valence-electron chi connectivity index (χ1n) is 11.0. The van der Waals surface area contributed by atoms with Gasteiger partial charge in [-0.1, -0.05) is 41.9 Å². The average molecular weight is 451 g/mol. The molecule has 4 atom stereocenters. The molecule has 3 fully saturated rings. The zero-order valence-electron chi connectivity index (χ0n) is 17.4. The molecule has 1 saturated heterocycles. The Labute approximate surface area is 190 Å². The van der Waals surface area contributed by atoms with Crippen LogP contribution >= 0.6 is 11.6 Å². The SMILES string of the molecule is O=C(CCN1C(=O)[C@H]2[C@H]3CC[C@@H](C3)[C@@H]2C1=O)Nc1ccc(Cl)cc1C(=O)c1ccccc1. The Morgan fingerprint density at radius 3 is 2.28 bits per heavy atom. The topological polar surface area (TPSA) is 83.6 Å². The highest BCUT2D eigenvalue weighted by Gasteiger charge is 2.60. The smallest absolute Gasteiger partial charge is 0.233 e. The molecule has 0 unspecified atom stereocenters. The van der Waals surface area contributed by atoms with Crippen molar-refractivity contribution in [1.29, 1.82) is 0 Å². The molecule has 2 saturated carbocycles. The van der Waals surface area contributed by atoms with E-state index in [1.807, 2.05) is 6.07 Å². The molecule has 5 rings (SSSR count). The summed E-state index contributed by atoms with van der Waals surface area (Å²) in [6, 6.07) is 13.5. The number of rotatable bonds is 6. The number of hydrogen-bond acceptors (Lipinski definition) is 4. The molecular weight excluding hydrogens is 428 g/mol. The van der Waals surface area contributed by atoms with Gasteiger partial charge in [-0.05, 0) is 49.3 Å². The first-order valence-corrected chi connectivity index (χ1v) is 11.4. The average Bonchev–Trinajstić information content (AvgIpc) is 3.48. The van der Waals surface area contributed by atoms with E-state index >= 15 is 0 Å². The Kier molecular flexibility index (Phi) is 5.33. The lowest BCUT2D eigenvalue weighted by Gasteiger charge is -2.19. The van der Waals surface area contributed by atoms with Crippen LogP contribution in [0.5, 0.6) is 0 Å². The number of amides is 3. The number of benzene rings is 2. The molecule has 1 heterocycles. The molecule has 2 bridgehead atoms. The number of carbonyl (C=O) groups excluding carboxylic acids is 4. The molecule has 1 aliphatic heterocycles. The molecule has 2 aliphatic carbocycles. The second-order valence-corrected chi connectivity index (χ2v) is 9.33. The van der Waals surface area contributed by atoms with Gasteiger partial charge in [0.1, 0.15) is 0 Å². The van der Waals surface area contributed by atoms with Gasteiger partial charge < -0.3 is 5.32 Å². The van der Waals surface area contributed by atoms with E-state index in [-0.39, 0.29) is 53.9 Å². The van der Waals surface area contributed by atoms with E-state index < -0.39 is 0 Å². The van der Waals surface area contributed by atoms with E-state index in [1.165, 1.54) is 11.0 Å². The molecule has 2 aromatic carbocycles. The highest BCUT2D eigenvalue weighted by atomic mass is 35.5. The molecule has 3 amide bonds. The molecule has 7 heteroatoms. The molecule has 0 spiro atoms. The Morgan fingerprint density at radius 1 is 0.969 bits per heavy atom. The fourth-order valence-corrected chi connectivity index (χ4v) is 5.85. The minimum Gasteiger partial charge on any atom is -0.325 e. The van der Waals surface area contributed by atoms with Crippen LogP contribution in [0.2, 0.25) is 5.02 Å². The van der Waals surface area contributed by atoms with Crippen molar-refractivity contribution >= 4 is 40.8 Å². The van der Waals surface area contributed by atoms with Crippen LogP contribution in [0, 0.1) is 23.7 Å². The normalized spacial score (nSPS) is 25.8. The Bertz CT molecular complexity index is 1090. The molecule has 3 aliphatic rings. The highest BCUT2D eigenvalue weighted by Crippen LogP contribution is 2.56. The number of imide groups is 1. The van der Waals surface area contributed by atoms with Gasteiger partial charge in [0.2, 0.25) is 17.7 Å². The van der Waals surface area contributed by atoms with Crippen molar-refractivity contribution in [3.63, 3.8) is 0 Å².